The lowest BCUT2D eigenvalue weighted by Gasteiger charge is -2.12. The van der Waals surface area contributed by atoms with Crippen molar-refractivity contribution in [3.05, 3.63) is 47.9 Å². The zero-order valence-corrected chi connectivity index (χ0v) is 13.0. The fourth-order valence-corrected chi connectivity index (χ4v) is 2.68. The number of amides is 1. The van der Waals surface area contributed by atoms with Gasteiger partial charge in [-0.3, -0.25) is 14.8 Å². The normalized spacial score (nSPS) is 17.2. The van der Waals surface area contributed by atoms with E-state index in [9.17, 15) is 4.79 Å². The molecule has 1 aromatic heterocycles. The minimum Gasteiger partial charge on any atom is -0.350 e. The molecule has 1 aliphatic heterocycles. The zero-order valence-electron chi connectivity index (χ0n) is 13.0. The smallest absolute Gasteiger partial charge is 0.251 e. The van der Waals surface area contributed by atoms with E-state index in [2.05, 4.69) is 20.6 Å². The van der Waals surface area contributed by atoms with Crippen LogP contribution in [0.4, 0.5) is 0 Å². The summed E-state index contributed by atoms with van der Waals surface area (Å²) in [6.45, 7) is 2.06. The molecule has 0 bridgehead atoms. The Morgan fingerprint density at radius 3 is 2.96 bits per heavy atom. The van der Waals surface area contributed by atoms with Crippen LogP contribution >= 0.6 is 0 Å². The number of hydrogen-bond acceptors (Lipinski definition) is 5. The van der Waals surface area contributed by atoms with Crippen LogP contribution in [0.1, 0.15) is 28.9 Å². The maximum atomic E-state index is 12.3. The van der Waals surface area contributed by atoms with E-state index in [0.29, 0.717) is 24.7 Å². The van der Waals surface area contributed by atoms with E-state index in [1.54, 1.807) is 12.4 Å². The summed E-state index contributed by atoms with van der Waals surface area (Å²) >= 11 is 0. The molecule has 2 heterocycles. The Morgan fingerprint density at radius 2 is 2.26 bits per heavy atom. The lowest BCUT2D eigenvalue weighted by atomic mass is 10.1. The van der Waals surface area contributed by atoms with Crippen molar-refractivity contribution in [3.63, 3.8) is 0 Å². The minimum absolute atomic E-state index is 0.0629. The van der Waals surface area contributed by atoms with Crippen molar-refractivity contribution in [3.8, 4) is 11.3 Å². The van der Waals surface area contributed by atoms with Crippen LogP contribution in [0, 0.1) is 0 Å². The number of nitrogens with two attached hydrogens (primary N) is 1. The quantitative estimate of drug-likeness (QED) is 0.768. The third kappa shape index (κ3) is 3.91. The zero-order chi connectivity index (χ0) is 16.1. The molecular weight excluding hydrogens is 290 g/mol. The molecule has 1 saturated heterocycles. The van der Waals surface area contributed by atoms with Gasteiger partial charge in [-0.05, 0) is 31.5 Å². The second-order valence-electron chi connectivity index (χ2n) is 5.68. The highest BCUT2D eigenvalue weighted by Crippen LogP contribution is 2.17. The molecule has 0 radical (unpaired) electrons. The van der Waals surface area contributed by atoms with Gasteiger partial charge in [0.2, 0.25) is 0 Å². The van der Waals surface area contributed by atoms with Gasteiger partial charge in [0, 0.05) is 30.3 Å². The number of benzene rings is 1. The Kier molecular flexibility index (Phi) is 4.95. The lowest BCUT2D eigenvalue weighted by molar-refractivity contribution is 0.0950. The maximum Gasteiger partial charge on any atom is 0.251 e. The van der Waals surface area contributed by atoms with E-state index >= 15 is 0 Å². The molecular formula is C17H21N5O. The van der Waals surface area contributed by atoms with Crippen LogP contribution in [0.5, 0.6) is 0 Å². The Morgan fingerprint density at radius 1 is 1.35 bits per heavy atom. The number of nitrogens with zero attached hydrogens (tertiary/aromatic N) is 2. The largest absolute Gasteiger partial charge is 0.350 e. The molecule has 2 aromatic rings. The summed E-state index contributed by atoms with van der Waals surface area (Å²) in [4.78, 5) is 20.9. The highest BCUT2D eigenvalue weighted by atomic mass is 16.1. The third-order valence-electron chi connectivity index (χ3n) is 4.01. The first-order valence-electron chi connectivity index (χ1n) is 7.89. The topological polar surface area (TPSA) is 92.9 Å². The second-order valence-corrected chi connectivity index (χ2v) is 5.68. The summed E-state index contributed by atoms with van der Waals surface area (Å²) in [5, 5.41) is 6.35. The summed E-state index contributed by atoms with van der Waals surface area (Å²) in [5.74, 6) is -0.0629. The summed E-state index contributed by atoms with van der Waals surface area (Å²) in [6, 6.07) is 7.81. The number of carbonyl (C=O) groups excluding carboxylic acids is 1. The number of nitrogens with one attached hydrogen (secondary N) is 2. The Balaban J connectivity index is 1.69. The molecule has 0 aliphatic carbocycles. The molecule has 23 heavy (non-hydrogen) atoms. The van der Waals surface area contributed by atoms with Gasteiger partial charge in [0.1, 0.15) is 0 Å². The lowest BCUT2D eigenvalue weighted by Crippen LogP contribution is -2.37. The van der Waals surface area contributed by atoms with Gasteiger partial charge in [0.15, 0.2) is 0 Å². The van der Waals surface area contributed by atoms with Crippen LogP contribution in [0.15, 0.2) is 36.7 Å². The minimum atomic E-state index is -0.0629. The molecule has 1 aliphatic rings. The first-order chi connectivity index (χ1) is 11.3. The monoisotopic (exact) mass is 311 g/mol. The number of aromatic nitrogens is 2. The molecule has 1 amide bonds. The third-order valence-corrected chi connectivity index (χ3v) is 4.01. The average molecular weight is 311 g/mol. The van der Waals surface area contributed by atoms with E-state index in [0.717, 1.165) is 29.9 Å². The van der Waals surface area contributed by atoms with Crippen LogP contribution in [0.2, 0.25) is 0 Å². The van der Waals surface area contributed by atoms with E-state index in [-0.39, 0.29) is 5.91 Å². The molecule has 4 N–H and O–H groups in total. The van der Waals surface area contributed by atoms with E-state index in [1.807, 2.05) is 24.3 Å². The van der Waals surface area contributed by atoms with Gasteiger partial charge in [-0.15, -0.1) is 0 Å². The van der Waals surface area contributed by atoms with Gasteiger partial charge in [0.05, 0.1) is 23.8 Å². The van der Waals surface area contributed by atoms with Crippen LogP contribution < -0.4 is 16.4 Å². The number of hydrogen-bond donors (Lipinski definition) is 3. The fourth-order valence-electron chi connectivity index (χ4n) is 2.68. The van der Waals surface area contributed by atoms with E-state index in [1.165, 1.54) is 6.42 Å². The van der Waals surface area contributed by atoms with Crippen LogP contribution in [0.3, 0.4) is 0 Å². The second kappa shape index (κ2) is 7.30. The molecule has 6 nitrogen and oxygen atoms in total. The van der Waals surface area contributed by atoms with Crippen molar-refractivity contribution < 1.29 is 4.79 Å². The van der Waals surface area contributed by atoms with Crippen molar-refractivity contribution in [2.75, 3.05) is 13.1 Å². The predicted molar refractivity (Wildman–Crippen MR) is 88.7 cm³/mol. The molecule has 1 aromatic carbocycles. The van der Waals surface area contributed by atoms with Gasteiger partial charge in [0.25, 0.3) is 5.91 Å². The molecule has 0 spiro atoms. The van der Waals surface area contributed by atoms with Crippen molar-refractivity contribution in [2.45, 2.75) is 25.4 Å². The molecule has 6 heteroatoms. The molecule has 120 valence electrons. The van der Waals surface area contributed by atoms with Crippen LogP contribution in [-0.2, 0) is 6.54 Å². The summed E-state index contributed by atoms with van der Waals surface area (Å²) < 4.78 is 0. The Hall–Kier alpha value is -2.31. The molecule has 3 rings (SSSR count). The first-order valence-corrected chi connectivity index (χ1v) is 7.89. The highest BCUT2D eigenvalue weighted by molar-refractivity contribution is 5.95. The van der Waals surface area contributed by atoms with Gasteiger partial charge in [-0.1, -0.05) is 12.1 Å². The van der Waals surface area contributed by atoms with Gasteiger partial charge in [-0.2, -0.15) is 0 Å². The molecule has 1 atom stereocenters. The first kappa shape index (κ1) is 15.6. The Bertz CT molecular complexity index is 665. The summed E-state index contributed by atoms with van der Waals surface area (Å²) in [7, 11) is 0. The van der Waals surface area contributed by atoms with Crippen LogP contribution in [-0.4, -0.2) is 35.0 Å². The fraction of sp³-hybridized carbons (Fsp3) is 0.353. The molecule has 1 unspecified atom stereocenters. The van der Waals surface area contributed by atoms with Gasteiger partial charge in [-0.25, -0.2) is 0 Å². The summed E-state index contributed by atoms with van der Waals surface area (Å²) in [5.41, 5.74) is 8.50. The standard InChI is InChI=1S/C17H21N5O/c18-8-15-10-21-16(11-20-15)12-3-1-4-13(7-12)17(23)22-9-14-5-2-6-19-14/h1,3-4,7,10-11,14,19H,2,5-6,8-9,18H2,(H,22,23). The number of rotatable bonds is 5. The van der Waals surface area contributed by atoms with Crippen LogP contribution in [0.25, 0.3) is 11.3 Å². The van der Waals surface area contributed by atoms with Crippen molar-refractivity contribution >= 4 is 5.91 Å². The van der Waals surface area contributed by atoms with E-state index in [4.69, 9.17) is 5.73 Å². The van der Waals surface area contributed by atoms with Gasteiger partial charge >= 0.3 is 0 Å². The molecule has 1 fully saturated rings. The van der Waals surface area contributed by atoms with Crippen molar-refractivity contribution in [2.24, 2.45) is 5.73 Å². The van der Waals surface area contributed by atoms with Crippen molar-refractivity contribution in [1.82, 2.24) is 20.6 Å². The summed E-state index contributed by atoms with van der Waals surface area (Å²) in [6.07, 6.45) is 5.63. The Labute approximate surface area is 135 Å². The number of carbonyl (C=O) groups is 1. The van der Waals surface area contributed by atoms with Crippen molar-refractivity contribution in [1.29, 1.82) is 0 Å². The molecule has 0 saturated carbocycles. The average Bonchev–Trinajstić information content (AvgIpc) is 3.13. The predicted octanol–water partition coefficient (Wildman–Crippen LogP) is 1.08. The van der Waals surface area contributed by atoms with Gasteiger partial charge < -0.3 is 16.4 Å². The SMILES string of the molecule is NCc1cnc(-c2cccc(C(=O)NCC3CCCN3)c2)cn1. The maximum absolute atomic E-state index is 12.3. The van der Waals surface area contributed by atoms with E-state index < -0.39 is 0 Å². The highest BCUT2D eigenvalue weighted by Gasteiger charge is 2.15.